The van der Waals surface area contributed by atoms with E-state index in [1.807, 2.05) is 11.0 Å². The van der Waals surface area contributed by atoms with Crippen molar-refractivity contribution in [2.45, 2.75) is 19.3 Å². The minimum absolute atomic E-state index is 0.0147. The summed E-state index contributed by atoms with van der Waals surface area (Å²) in [7, 11) is 1.53. The van der Waals surface area contributed by atoms with Gasteiger partial charge in [-0.15, -0.1) is 0 Å². The molecule has 0 atom stereocenters. The van der Waals surface area contributed by atoms with Crippen LogP contribution in [0.15, 0.2) is 46.9 Å². The van der Waals surface area contributed by atoms with E-state index in [4.69, 9.17) is 4.74 Å². The first kappa shape index (κ1) is 18.5. The molecule has 1 aliphatic rings. The fourth-order valence-corrected chi connectivity index (χ4v) is 3.43. The summed E-state index contributed by atoms with van der Waals surface area (Å²) in [5, 5.41) is 2.85. The Balaban J connectivity index is 1.77. The zero-order valence-electron chi connectivity index (χ0n) is 14.6. The van der Waals surface area contributed by atoms with E-state index < -0.39 is 0 Å². The van der Waals surface area contributed by atoms with Crippen LogP contribution in [-0.4, -0.2) is 36.9 Å². The van der Waals surface area contributed by atoms with Crippen LogP contribution >= 0.6 is 15.9 Å². The Morgan fingerprint density at radius 3 is 2.58 bits per heavy atom. The van der Waals surface area contributed by atoms with E-state index in [2.05, 4.69) is 21.2 Å². The Bertz CT molecular complexity index is 816. The molecule has 1 saturated heterocycles. The number of methoxy groups -OCH3 is 1. The Hall–Kier alpha value is -2.34. The lowest BCUT2D eigenvalue weighted by Gasteiger charge is -2.26. The zero-order valence-corrected chi connectivity index (χ0v) is 16.2. The van der Waals surface area contributed by atoms with Gasteiger partial charge in [0.1, 0.15) is 5.75 Å². The molecule has 1 heterocycles. The number of nitrogens with zero attached hydrogens (tertiary/aromatic N) is 1. The van der Waals surface area contributed by atoms with Gasteiger partial charge in [-0.3, -0.25) is 9.59 Å². The Morgan fingerprint density at radius 2 is 1.85 bits per heavy atom. The average molecular weight is 417 g/mol. The van der Waals surface area contributed by atoms with Gasteiger partial charge in [0.25, 0.3) is 11.8 Å². The summed E-state index contributed by atoms with van der Waals surface area (Å²) in [6, 6.07) is 12.3. The van der Waals surface area contributed by atoms with Gasteiger partial charge < -0.3 is 15.0 Å². The molecule has 1 N–H and O–H groups in total. The fraction of sp³-hybridized carbons (Fsp3) is 0.300. The minimum Gasteiger partial charge on any atom is -0.496 e. The molecule has 0 aliphatic carbocycles. The number of carbonyl (C=O) groups is 2. The highest BCUT2D eigenvalue weighted by Gasteiger charge is 2.19. The smallest absolute Gasteiger partial charge is 0.259 e. The summed E-state index contributed by atoms with van der Waals surface area (Å²) in [6.07, 6.45) is 3.27. The highest BCUT2D eigenvalue weighted by Crippen LogP contribution is 2.24. The van der Waals surface area contributed by atoms with Crippen molar-refractivity contribution < 1.29 is 14.3 Å². The summed E-state index contributed by atoms with van der Waals surface area (Å²) in [6.45, 7) is 1.59. The van der Waals surface area contributed by atoms with Gasteiger partial charge >= 0.3 is 0 Å². The second-order valence-corrected chi connectivity index (χ2v) is 7.15. The number of halogens is 1. The van der Waals surface area contributed by atoms with E-state index >= 15 is 0 Å². The Labute approximate surface area is 161 Å². The van der Waals surface area contributed by atoms with Crippen LogP contribution < -0.4 is 10.1 Å². The summed E-state index contributed by atoms with van der Waals surface area (Å²) in [4.78, 5) is 27.1. The van der Waals surface area contributed by atoms with E-state index in [0.717, 1.165) is 30.4 Å². The highest BCUT2D eigenvalue weighted by molar-refractivity contribution is 9.10. The van der Waals surface area contributed by atoms with Crippen molar-refractivity contribution in [3.63, 3.8) is 0 Å². The topological polar surface area (TPSA) is 58.6 Å². The van der Waals surface area contributed by atoms with Crippen LogP contribution in [0.2, 0.25) is 0 Å². The van der Waals surface area contributed by atoms with Crippen LogP contribution in [0.3, 0.4) is 0 Å². The van der Waals surface area contributed by atoms with E-state index in [9.17, 15) is 9.59 Å². The van der Waals surface area contributed by atoms with Gasteiger partial charge in [0, 0.05) is 28.8 Å². The van der Waals surface area contributed by atoms with Gasteiger partial charge in [-0.05, 0) is 55.7 Å². The fourth-order valence-electron chi connectivity index (χ4n) is 3.07. The van der Waals surface area contributed by atoms with Gasteiger partial charge in [-0.1, -0.05) is 22.0 Å². The van der Waals surface area contributed by atoms with Crippen LogP contribution in [0.4, 0.5) is 5.69 Å². The summed E-state index contributed by atoms with van der Waals surface area (Å²) < 4.78 is 6.05. The van der Waals surface area contributed by atoms with Crippen molar-refractivity contribution in [1.29, 1.82) is 0 Å². The first-order valence-corrected chi connectivity index (χ1v) is 9.42. The average Bonchev–Trinajstić information content (AvgIpc) is 2.68. The van der Waals surface area contributed by atoms with Gasteiger partial charge in [-0.2, -0.15) is 0 Å². The van der Waals surface area contributed by atoms with Gasteiger partial charge in [-0.25, -0.2) is 0 Å². The molecule has 5 nitrogen and oxygen atoms in total. The standard InChI is InChI=1S/C20H21BrN2O3/c1-26-18-9-8-15(21)13-17(18)19(24)22-16-7-5-6-14(12-16)20(25)23-10-3-2-4-11-23/h5-9,12-13H,2-4,10-11H2,1H3,(H,22,24). The number of carbonyl (C=O) groups excluding carboxylic acids is 2. The van der Waals surface area contributed by atoms with Crippen LogP contribution in [0, 0.1) is 0 Å². The molecule has 0 aromatic heterocycles. The number of hydrogen-bond donors (Lipinski definition) is 1. The second-order valence-electron chi connectivity index (χ2n) is 6.23. The number of rotatable bonds is 4. The maximum atomic E-state index is 12.6. The molecule has 0 bridgehead atoms. The molecule has 1 aliphatic heterocycles. The van der Waals surface area contributed by atoms with Crippen LogP contribution in [-0.2, 0) is 0 Å². The van der Waals surface area contributed by atoms with E-state index in [-0.39, 0.29) is 11.8 Å². The third-order valence-corrected chi connectivity index (χ3v) is 4.91. The van der Waals surface area contributed by atoms with E-state index in [0.29, 0.717) is 22.6 Å². The Morgan fingerprint density at radius 1 is 1.08 bits per heavy atom. The first-order chi connectivity index (χ1) is 12.6. The van der Waals surface area contributed by atoms with Crippen LogP contribution in [0.25, 0.3) is 0 Å². The van der Waals surface area contributed by atoms with Gasteiger partial charge in [0.2, 0.25) is 0 Å². The molecule has 3 rings (SSSR count). The molecule has 0 spiro atoms. The lowest BCUT2D eigenvalue weighted by molar-refractivity contribution is 0.0724. The number of likely N-dealkylation sites (tertiary alicyclic amines) is 1. The normalized spacial score (nSPS) is 14.0. The van der Waals surface area contributed by atoms with Crippen molar-refractivity contribution in [3.8, 4) is 5.75 Å². The molecule has 2 aromatic carbocycles. The molecule has 2 aromatic rings. The van der Waals surface area contributed by atoms with Gasteiger partial charge in [0.15, 0.2) is 0 Å². The molecular weight excluding hydrogens is 396 g/mol. The van der Waals surface area contributed by atoms with Crippen molar-refractivity contribution in [2.24, 2.45) is 0 Å². The number of hydrogen-bond acceptors (Lipinski definition) is 3. The number of nitrogens with one attached hydrogen (secondary N) is 1. The van der Waals surface area contributed by atoms with E-state index in [1.54, 1.807) is 36.4 Å². The highest BCUT2D eigenvalue weighted by atomic mass is 79.9. The lowest BCUT2D eigenvalue weighted by atomic mass is 10.1. The summed E-state index contributed by atoms with van der Waals surface area (Å²) >= 11 is 3.37. The third kappa shape index (κ3) is 4.25. The molecule has 26 heavy (non-hydrogen) atoms. The predicted molar refractivity (Wildman–Crippen MR) is 105 cm³/mol. The third-order valence-electron chi connectivity index (χ3n) is 4.42. The zero-order chi connectivity index (χ0) is 18.5. The van der Waals surface area contributed by atoms with Crippen molar-refractivity contribution in [3.05, 3.63) is 58.1 Å². The largest absolute Gasteiger partial charge is 0.496 e. The molecule has 6 heteroatoms. The molecule has 1 fully saturated rings. The molecule has 0 saturated carbocycles. The number of ether oxygens (including phenoxy) is 1. The number of benzene rings is 2. The quantitative estimate of drug-likeness (QED) is 0.806. The van der Waals surface area contributed by atoms with Crippen molar-refractivity contribution in [2.75, 3.05) is 25.5 Å². The maximum absolute atomic E-state index is 12.6. The van der Waals surface area contributed by atoms with Crippen molar-refractivity contribution >= 4 is 33.4 Å². The van der Waals surface area contributed by atoms with Crippen molar-refractivity contribution in [1.82, 2.24) is 4.90 Å². The molecule has 2 amide bonds. The summed E-state index contributed by atoms with van der Waals surface area (Å²) in [5.74, 6) is 0.220. The van der Waals surface area contributed by atoms with Gasteiger partial charge in [0.05, 0.1) is 12.7 Å². The minimum atomic E-state index is -0.286. The number of amides is 2. The predicted octanol–water partition coefficient (Wildman–Crippen LogP) is 4.34. The summed E-state index contributed by atoms with van der Waals surface area (Å²) in [5.41, 5.74) is 1.60. The monoisotopic (exact) mass is 416 g/mol. The molecular formula is C20H21BrN2O3. The molecule has 136 valence electrons. The van der Waals surface area contributed by atoms with Crippen LogP contribution in [0.1, 0.15) is 40.0 Å². The SMILES string of the molecule is COc1ccc(Br)cc1C(=O)Nc1cccc(C(=O)N2CCCCC2)c1. The maximum Gasteiger partial charge on any atom is 0.259 e. The molecule has 0 radical (unpaired) electrons. The van der Waals surface area contributed by atoms with Crippen LogP contribution in [0.5, 0.6) is 5.75 Å². The number of anilines is 1. The second kappa shape index (κ2) is 8.36. The first-order valence-electron chi connectivity index (χ1n) is 8.63. The Kier molecular flexibility index (Phi) is 5.93. The number of piperidine rings is 1. The van der Waals surface area contributed by atoms with E-state index in [1.165, 1.54) is 13.5 Å². The lowest BCUT2D eigenvalue weighted by Crippen LogP contribution is -2.35. The molecule has 0 unspecified atom stereocenters.